The van der Waals surface area contributed by atoms with Gasteiger partial charge in [-0.05, 0) is 12.7 Å². The van der Waals surface area contributed by atoms with Crippen LogP contribution in [0, 0.1) is 0 Å². The van der Waals surface area contributed by atoms with Crippen LogP contribution in [0.4, 0.5) is 4.79 Å². The molecule has 130 valence electrons. The quantitative estimate of drug-likeness (QED) is 0.681. The molecule has 23 heavy (non-hydrogen) atoms. The Bertz CT molecular complexity index is 659. The van der Waals surface area contributed by atoms with Crippen molar-refractivity contribution < 1.29 is 18.3 Å². The van der Waals surface area contributed by atoms with Gasteiger partial charge in [0.2, 0.25) is 0 Å². The maximum atomic E-state index is 12.4. The smallest absolute Gasteiger partial charge is 0.318 e. The Balaban J connectivity index is 1.99. The molecular formula is C13H22N4O4S2. The van der Waals surface area contributed by atoms with Crippen LogP contribution in [0.5, 0.6) is 0 Å². The monoisotopic (exact) mass is 362 g/mol. The van der Waals surface area contributed by atoms with Gasteiger partial charge >= 0.3 is 6.03 Å². The van der Waals surface area contributed by atoms with Gasteiger partial charge < -0.3 is 19.9 Å². The lowest BCUT2D eigenvalue weighted by Crippen LogP contribution is -2.48. The van der Waals surface area contributed by atoms with Gasteiger partial charge in [-0.2, -0.15) is 0 Å². The van der Waals surface area contributed by atoms with Crippen molar-refractivity contribution in [2.45, 2.75) is 24.2 Å². The molecule has 1 aliphatic heterocycles. The van der Waals surface area contributed by atoms with Gasteiger partial charge in [0.1, 0.15) is 0 Å². The van der Waals surface area contributed by atoms with E-state index in [1.807, 2.05) is 17.9 Å². The van der Waals surface area contributed by atoms with E-state index in [0.29, 0.717) is 13.0 Å². The maximum Gasteiger partial charge on any atom is 0.318 e. The van der Waals surface area contributed by atoms with Gasteiger partial charge in [0.15, 0.2) is 15.0 Å². The maximum absolute atomic E-state index is 12.4. The van der Waals surface area contributed by atoms with E-state index < -0.39 is 9.84 Å². The lowest BCUT2D eigenvalue weighted by atomic mass is 10.2. The van der Waals surface area contributed by atoms with E-state index in [4.69, 9.17) is 5.11 Å². The van der Waals surface area contributed by atoms with E-state index in [2.05, 4.69) is 10.3 Å². The summed E-state index contributed by atoms with van der Waals surface area (Å²) in [6.45, 7) is 0.212. The average molecular weight is 362 g/mol. The molecule has 2 amide bonds. The second-order valence-corrected chi connectivity index (χ2v) is 8.43. The molecule has 1 aromatic rings. The summed E-state index contributed by atoms with van der Waals surface area (Å²) in [4.78, 5) is 18.0. The molecule has 1 aromatic heterocycles. The van der Waals surface area contributed by atoms with E-state index in [1.54, 1.807) is 6.20 Å². The SMILES string of the molecule is CSc1ncc(CNC(=O)N(CCO)C2CCS(=O)(=O)C2)n1C. The average Bonchev–Trinajstić information content (AvgIpc) is 3.04. The number of nitrogens with zero attached hydrogens (tertiary/aromatic N) is 3. The predicted molar refractivity (Wildman–Crippen MR) is 88.1 cm³/mol. The number of carbonyl (C=O) groups excluding carboxylic acids is 1. The van der Waals surface area contributed by atoms with E-state index in [9.17, 15) is 13.2 Å². The zero-order chi connectivity index (χ0) is 17.0. The summed E-state index contributed by atoms with van der Waals surface area (Å²) in [5.74, 6) is 0.0500. The lowest BCUT2D eigenvalue weighted by molar-refractivity contribution is 0.157. The first-order valence-corrected chi connectivity index (χ1v) is 10.3. The molecule has 0 aliphatic carbocycles. The van der Waals surface area contributed by atoms with Crippen LogP contribution in [-0.4, -0.2) is 71.0 Å². The van der Waals surface area contributed by atoms with Gasteiger partial charge in [0.25, 0.3) is 0 Å². The van der Waals surface area contributed by atoms with Crippen LogP contribution in [0.25, 0.3) is 0 Å². The zero-order valence-electron chi connectivity index (χ0n) is 13.2. The van der Waals surface area contributed by atoms with Gasteiger partial charge in [-0.1, -0.05) is 11.8 Å². The first-order valence-electron chi connectivity index (χ1n) is 7.28. The third-order valence-corrected chi connectivity index (χ3v) is 6.39. The van der Waals surface area contributed by atoms with E-state index in [1.165, 1.54) is 16.7 Å². The Morgan fingerprint density at radius 3 is 2.87 bits per heavy atom. The predicted octanol–water partition coefficient (Wildman–Crippen LogP) is -0.167. The number of amides is 2. The fourth-order valence-corrected chi connectivity index (χ4v) is 4.91. The molecule has 1 saturated heterocycles. The molecule has 0 radical (unpaired) electrons. The van der Waals surface area contributed by atoms with Crippen molar-refractivity contribution >= 4 is 27.6 Å². The number of nitrogens with one attached hydrogen (secondary N) is 1. The van der Waals surface area contributed by atoms with Crippen LogP contribution >= 0.6 is 11.8 Å². The molecule has 0 bridgehead atoms. The summed E-state index contributed by atoms with van der Waals surface area (Å²) in [5.41, 5.74) is 0.852. The molecule has 2 heterocycles. The van der Waals surface area contributed by atoms with Crippen molar-refractivity contribution in [3.8, 4) is 0 Å². The number of hydrogen-bond donors (Lipinski definition) is 2. The fraction of sp³-hybridized carbons (Fsp3) is 0.692. The minimum Gasteiger partial charge on any atom is -0.395 e. The second-order valence-electron chi connectivity index (χ2n) is 5.43. The Kier molecular flexibility index (Phi) is 5.93. The van der Waals surface area contributed by atoms with Gasteiger partial charge in [-0.15, -0.1) is 0 Å². The molecule has 8 nitrogen and oxygen atoms in total. The first-order chi connectivity index (χ1) is 10.9. The number of aliphatic hydroxyl groups excluding tert-OH is 1. The molecular weight excluding hydrogens is 340 g/mol. The van der Waals surface area contributed by atoms with Crippen molar-refractivity contribution in [3.63, 3.8) is 0 Å². The number of imidazole rings is 1. The summed E-state index contributed by atoms with van der Waals surface area (Å²) in [6.07, 6.45) is 4.04. The molecule has 0 saturated carbocycles. The Morgan fingerprint density at radius 1 is 1.61 bits per heavy atom. The number of carbonyl (C=O) groups is 1. The topological polar surface area (TPSA) is 105 Å². The summed E-state index contributed by atoms with van der Waals surface area (Å²) in [5, 5.41) is 12.8. The number of aromatic nitrogens is 2. The third kappa shape index (κ3) is 4.39. The zero-order valence-corrected chi connectivity index (χ0v) is 14.9. The number of sulfone groups is 1. The highest BCUT2D eigenvalue weighted by atomic mass is 32.2. The first kappa shape index (κ1) is 18.1. The molecule has 0 spiro atoms. The summed E-state index contributed by atoms with van der Waals surface area (Å²) < 4.78 is 25.1. The molecule has 1 unspecified atom stereocenters. The van der Waals surface area contributed by atoms with Crippen LogP contribution in [0.2, 0.25) is 0 Å². The van der Waals surface area contributed by atoms with Crippen LogP contribution in [0.15, 0.2) is 11.4 Å². The number of thioether (sulfide) groups is 1. The summed E-state index contributed by atoms with van der Waals surface area (Å²) >= 11 is 1.51. The summed E-state index contributed by atoms with van der Waals surface area (Å²) in [6, 6.07) is -0.742. The van der Waals surface area contributed by atoms with Crippen LogP contribution < -0.4 is 5.32 Å². The van der Waals surface area contributed by atoms with Crippen LogP contribution in [-0.2, 0) is 23.4 Å². The third-order valence-electron chi connectivity index (χ3n) is 3.90. The molecule has 2 N–H and O–H groups in total. The highest BCUT2D eigenvalue weighted by Crippen LogP contribution is 2.18. The number of hydrogen-bond acceptors (Lipinski definition) is 6. The standard InChI is InChI=1S/C13H22N4O4S2/c1-16-11(8-15-13(16)22-2)7-14-12(19)17(4-5-18)10-3-6-23(20,21)9-10/h8,10,18H,3-7,9H2,1-2H3,(H,14,19). The number of rotatable bonds is 6. The van der Waals surface area contributed by atoms with Crippen molar-refractivity contribution in [2.24, 2.45) is 7.05 Å². The summed E-state index contributed by atoms with van der Waals surface area (Å²) in [7, 11) is -1.22. The van der Waals surface area contributed by atoms with E-state index in [-0.39, 0.29) is 36.7 Å². The second kappa shape index (κ2) is 7.54. The molecule has 1 fully saturated rings. The van der Waals surface area contributed by atoms with Crippen LogP contribution in [0.3, 0.4) is 0 Å². The molecule has 10 heteroatoms. The van der Waals surface area contributed by atoms with Gasteiger partial charge in [-0.3, -0.25) is 0 Å². The lowest BCUT2D eigenvalue weighted by Gasteiger charge is -2.27. The molecule has 1 atom stereocenters. The molecule has 2 rings (SSSR count). The number of urea groups is 1. The molecule has 1 aliphatic rings. The van der Waals surface area contributed by atoms with Gasteiger partial charge in [0, 0.05) is 19.6 Å². The van der Waals surface area contributed by atoms with Crippen molar-refractivity contribution in [1.29, 1.82) is 0 Å². The van der Waals surface area contributed by atoms with E-state index >= 15 is 0 Å². The van der Waals surface area contributed by atoms with Crippen molar-refractivity contribution in [1.82, 2.24) is 19.8 Å². The minimum absolute atomic E-state index is 0.0389. The Morgan fingerprint density at radius 2 is 2.35 bits per heavy atom. The normalized spacial score (nSPS) is 19.7. The van der Waals surface area contributed by atoms with Crippen molar-refractivity contribution in [3.05, 3.63) is 11.9 Å². The Hall–Kier alpha value is -1.26. The van der Waals surface area contributed by atoms with Crippen LogP contribution in [0.1, 0.15) is 12.1 Å². The highest BCUT2D eigenvalue weighted by Gasteiger charge is 2.34. The largest absolute Gasteiger partial charge is 0.395 e. The van der Waals surface area contributed by atoms with E-state index in [0.717, 1.165) is 10.9 Å². The van der Waals surface area contributed by atoms with Crippen molar-refractivity contribution in [2.75, 3.05) is 30.9 Å². The number of aliphatic hydroxyl groups is 1. The Labute approximate surface area is 140 Å². The van der Waals surface area contributed by atoms with Gasteiger partial charge in [-0.25, -0.2) is 18.2 Å². The minimum atomic E-state index is -3.09. The van der Waals surface area contributed by atoms with Gasteiger partial charge in [0.05, 0.1) is 36.5 Å². The molecule has 0 aromatic carbocycles. The fourth-order valence-electron chi connectivity index (χ4n) is 2.63. The highest BCUT2D eigenvalue weighted by molar-refractivity contribution is 7.98.